The van der Waals surface area contributed by atoms with E-state index in [4.69, 9.17) is 0 Å². The maximum absolute atomic E-state index is 2.46. The van der Waals surface area contributed by atoms with Crippen molar-refractivity contribution >= 4 is 59.9 Å². The summed E-state index contributed by atoms with van der Waals surface area (Å²) in [5.74, 6) is 0. The molecule has 1 nitrogen and oxygen atoms in total. The van der Waals surface area contributed by atoms with Crippen LogP contribution in [0.4, 0.5) is 0 Å². The molecule has 0 aliphatic heterocycles. The molecule has 0 fully saturated rings. The Hall–Kier alpha value is 2.73. The predicted molar refractivity (Wildman–Crippen MR) is 84.5 cm³/mol. The van der Waals surface area contributed by atoms with Gasteiger partial charge >= 0.3 is 64.9 Å². The summed E-state index contributed by atoms with van der Waals surface area (Å²) in [4.78, 5) is -0.278. The van der Waals surface area contributed by atoms with Gasteiger partial charge in [-0.1, -0.05) is 0 Å². The van der Waals surface area contributed by atoms with Crippen LogP contribution in [0.15, 0.2) is 0 Å². The van der Waals surface area contributed by atoms with Crippen LogP contribution in [-0.4, -0.2) is 30.7 Å². The van der Waals surface area contributed by atoms with Crippen molar-refractivity contribution in [3.05, 3.63) is 0 Å². The predicted octanol–water partition coefficient (Wildman–Crippen LogP) is 4.54. The van der Waals surface area contributed by atoms with E-state index in [1.807, 2.05) is 0 Å². The van der Waals surface area contributed by atoms with Crippen molar-refractivity contribution in [2.75, 3.05) is 20.6 Å². The van der Waals surface area contributed by atoms with E-state index in [9.17, 15) is 0 Å². The molecule has 82 valence electrons. The number of hydrogen-bond donors (Lipinski definition) is 0. The fraction of sp³-hybridized carbons (Fsp3) is 1.00. The molecular weight excluding hydrogens is 542 g/mol. The minimum absolute atomic E-state index is 0.278. The zero-order chi connectivity index (χ0) is 11.3. The molecule has 13 heavy (non-hydrogen) atoms. The Kier molecular flexibility index (Phi) is 11.0. The van der Waals surface area contributed by atoms with E-state index in [-0.39, 0.29) is 4.92 Å². The van der Waals surface area contributed by atoms with Gasteiger partial charge in [0.2, 0.25) is 0 Å². The first-order valence-corrected chi connectivity index (χ1v) is 17.7. The van der Waals surface area contributed by atoms with E-state index >= 15 is 0 Å². The number of halogens is 3. The van der Waals surface area contributed by atoms with Gasteiger partial charge in [-0.2, -0.15) is 0 Å². The summed E-state index contributed by atoms with van der Waals surface area (Å²) in [6.07, 6.45) is 0. The van der Waals surface area contributed by atoms with E-state index in [0.29, 0.717) is 5.54 Å². The van der Waals surface area contributed by atoms with Gasteiger partial charge in [-0.25, -0.2) is 0 Å². The third-order valence-electron chi connectivity index (χ3n) is 2.61. The van der Waals surface area contributed by atoms with Crippen LogP contribution in [0, 0.1) is 0 Å². The van der Waals surface area contributed by atoms with Crippen LogP contribution in [0.3, 0.4) is 0 Å². The quantitative estimate of drug-likeness (QED) is 0.326. The molecule has 5 heteroatoms. The van der Waals surface area contributed by atoms with Crippen molar-refractivity contribution in [3.8, 4) is 0 Å². The molecule has 0 aliphatic carbocycles. The van der Waals surface area contributed by atoms with Crippen molar-refractivity contribution < 1.29 is 9.40 Å². The molecular formula is C8H20I3NV+. The second-order valence-electron chi connectivity index (χ2n) is 4.36. The third-order valence-corrected chi connectivity index (χ3v) is 2.61. The first-order valence-electron chi connectivity index (χ1n) is 4.15. The Morgan fingerprint density at radius 1 is 1.08 bits per heavy atom. The molecule has 0 aromatic carbocycles. The standard InChI is InChI=1S/C8H20N.3HI.V/c1-7-9(5,6)8(2,3)4;;;;/h7H2,1-6H3;3*1H;/q+1;;;;+3/p-3. The van der Waals surface area contributed by atoms with Crippen molar-refractivity contribution in [2.45, 2.75) is 33.2 Å². The summed E-state index contributed by atoms with van der Waals surface area (Å²) >= 11 is 7.39. The Morgan fingerprint density at radius 2 is 1.31 bits per heavy atom. The first kappa shape index (κ1) is 18.1. The van der Waals surface area contributed by atoms with Gasteiger partial charge in [-0.3, -0.25) is 0 Å². The van der Waals surface area contributed by atoms with Crippen molar-refractivity contribution in [2.24, 2.45) is 0 Å². The molecule has 0 aliphatic rings. The molecule has 0 saturated carbocycles. The number of quaternary nitrogens is 1. The molecule has 0 amide bonds. The summed E-state index contributed by atoms with van der Waals surface area (Å²) in [6, 6.07) is 0. The molecule has 0 heterocycles. The number of rotatable bonds is 1. The molecule has 0 N–H and O–H groups in total. The van der Waals surface area contributed by atoms with E-state index in [1.54, 1.807) is 0 Å². The molecule has 0 aromatic rings. The zero-order valence-corrected chi connectivity index (χ0v) is 17.1. The molecule has 0 atom stereocenters. The van der Waals surface area contributed by atoms with E-state index in [2.05, 4.69) is 102 Å². The summed E-state index contributed by atoms with van der Waals surface area (Å²) < 4.78 is 1.09. The van der Waals surface area contributed by atoms with Gasteiger partial charge in [0.25, 0.3) is 0 Å². The Balaban J connectivity index is 0. The molecule has 0 spiro atoms. The van der Waals surface area contributed by atoms with Gasteiger partial charge in [0, 0.05) is 0 Å². The molecule has 0 aromatic heterocycles. The summed E-state index contributed by atoms with van der Waals surface area (Å²) in [5.41, 5.74) is 0.384. The number of hydrogen-bond acceptors (Lipinski definition) is 0. The molecule has 0 rings (SSSR count). The topological polar surface area (TPSA) is 0 Å². The van der Waals surface area contributed by atoms with Gasteiger partial charge in [0.15, 0.2) is 0 Å². The Labute approximate surface area is 121 Å². The second kappa shape index (κ2) is 7.92. The SMILES string of the molecule is CC[N+](C)(C)C(C)(C)C.[I][V]([I])[I]. The van der Waals surface area contributed by atoms with Crippen LogP contribution in [-0.2, 0) is 4.92 Å². The molecule has 0 radical (unpaired) electrons. The maximum atomic E-state index is 2.46. The average molecular weight is 562 g/mol. The molecule has 0 unspecified atom stereocenters. The van der Waals surface area contributed by atoms with E-state index < -0.39 is 0 Å². The van der Waals surface area contributed by atoms with Crippen LogP contribution >= 0.6 is 59.9 Å². The summed E-state index contributed by atoms with van der Waals surface area (Å²) in [5, 5.41) is 0. The van der Waals surface area contributed by atoms with Crippen LogP contribution in [0.1, 0.15) is 27.7 Å². The average Bonchev–Trinajstić information content (AvgIpc) is 1.84. The van der Waals surface area contributed by atoms with Gasteiger partial charge in [-0.05, 0) is 27.7 Å². The van der Waals surface area contributed by atoms with Gasteiger partial charge in [-0.15, -0.1) is 0 Å². The van der Waals surface area contributed by atoms with E-state index in [0.717, 1.165) is 4.48 Å². The van der Waals surface area contributed by atoms with Gasteiger partial charge in [0.05, 0.1) is 26.2 Å². The fourth-order valence-electron chi connectivity index (χ4n) is 0.474. The summed E-state index contributed by atoms with van der Waals surface area (Å²) in [7, 11) is 4.53. The Morgan fingerprint density at radius 3 is 1.31 bits per heavy atom. The van der Waals surface area contributed by atoms with Crippen LogP contribution in [0.2, 0.25) is 0 Å². The van der Waals surface area contributed by atoms with Gasteiger partial charge < -0.3 is 4.48 Å². The first-order chi connectivity index (χ1) is 5.54. The number of nitrogens with zero attached hydrogens (tertiary/aromatic N) is 1. The van der Waals surface area contributed by atoms with E-state index in [1.165, 1.54) is 6.54 Å². The molecule has 0 saturated heterocycles. The van der Waals surface area contributed by atoms with Crippen LogP contribution < -0.4 is 0 Å². The summed E-state index contributed by atoms with van der Waals surface area (Å²) in [6.45, 7) is 10.2. The third kappa shape index (κ3) is 11.0. The van der Waals surface area contributed by atoms with Crippen molar-refractivity contribution in [1.29, 1.82) is 0 Å². The monoisotopic (exact) mass is 562 g/mol. The van der Waals surface area contributed by atoms with Crippen molar-refractivity contribution in [3.63, 3.8) is 0 Å². The fourth-order valence-corrected chi connectivity index (χ4v) is 0.474. The second-order valence-corrected chi connectivity index (χ2v) is 39.7. The Bertz CT molecular complexity index is 129. The van der Waals surface area contributed by atoms with Gasteiger partial charge in [0.1, 0.15) is 0 Å². The molecule has 0 bridgehead atoms. The van der Waals surface area contributed by atoms with Crippen molar-refractivity contribution in [1.82, 2.24) is 0 Å². The zero-order valence-electron chi connectivity index (χ0n) is 9.24. The van der Waals surface area contributed by atoms with Crippen LogP contribution in [0.25, 0.3) is 0 Å². The normalized spacial score (nSPS) is 12.5. The minimum atomic E-state index is -0.278. The van der Waals surface area contributed by atoms with Crippen LogP contribution in [0.5, 0.6) is 0 Å².